The Bertz CT molecular complexity index is 724. The molecule has 130 valence electrons. The number of carbonyl (C=O) groups excluding carboxylic acids is 2. The lowest BCUT2D eigenvalue weighted by Crippen LogP contribution is -2.44. The van der Waals surface area contributed by atoms with Crippen LogP contribution in [0.2, 0.25) is 0 Å². The van der Waals surface area contributed by atoms with Gasteiger partial charge in [-0.1, -0.05) is 60.7 Å². The molecule has 1 fully saturated rings. The maximum Gasteiger partial charge on any atom is 0.238 e. The van der Waals surface area contributed by atoms with Crippen LogP contribution in [0.5, 0.6) is 0 Å². The summed E-state index contributed by atoms with van der Waals surface area (Å²) in [6.07, 6.45) is 1.27. The van der Waals surface area contributed by atoms with Gasteiger partial charge in [0.05, 0.1) is 0 Å². The predicted molar refractivity (Wildman–Crippen MR) is 97.5 cm³/mol. The average Bonchev–Trinajstić information content (AvgIpc) is 3.47. The first-order valence-electron chi connectivity index (χ1n) is 8.81. The Morgan fingerprint density at radius 2 is 1.52 bits per heavy atom. The van der Waals surface area contributed by atoms with Gasteiger partial charge >= 0.3 is 0 Å². The van der Waals surface area contributed by atoms with Crippen molar-refractivity contribution in [2.75, 3.05) is 6.54 Å². The molecule has 0 aromatic heterocycles. The summed E-state index contributed by atoms with van der Waals surface area (Å²) in [5.41, 5.74) is 1.26. The van der Waals surface area contributed by atoms with Crippen LogP contribution in [-0.4, -0.2) is 23.3 Å². The number of hydrogen-bond acceptors (Lipinski definition) is 2. The summed E-state index contributed by atoms with van der Waals surface area (Å²) in [4.78, 5) is 27.4. The lowest BCUT2D eigenvalue weighted by Gasteiger charge is -2.26. The Labute approximate surface area is 148 Å². The minimum absolute atomic E-state index is 0.0515. The zero-order valence-corrected chi connectivity index (χ0v) is 14.6. The number of rotatable bonds is 7. The Balaban J connectivity index is 1.64. The molecule has 0 atom stereocenters. The summed E-state index contributed by atoms with van der Waals surface area (Å²) in [5, 5.41) is 2.94. The lowest BCUT2D eigenvalue weighted by atomic mass is 10.0. The van der Waals surface area contributed by atoms with Gasteiger partial charge in [-0.3, -0.25) is 9.59 Å². The molecular formula is C21H24N2O2. The molecule has 1 saturated carbocycles. The molecule has 2 aromatic carbocycles. The fourth-order valence-electron chi connectivity index (χ4n) is 3.04. The molecule has 4 nitrogen and oxygen atoms in total. The van der Waals surface area contributed by atoms with Crippen molar-refractivity contribution in [2.45, 2.75) is 32.9 Å². The maximum atomic E-state index is 13.0. The molecule has 0 bridgehead atoms. The first kappa shape index (κ1) is 17.2. The number of nitrogens with one attached hydrogen (secondary N) is 1. The van der Waals surface area contributed by atoms with Crippen LogP contribution in [-0.2, 0) is 22.7 Å². The number of benzene rings is 2. The zero-order valence-electron chi connectivity index (χ0n) is 14.6. The van der Waals surface area contributed by atoms with Gasteiger partial charge in [0, 0.05) is 19.6 Å². The molecule has 0 spiro atoms. The topological polar surface area (TPSA) is 49.4 Å². The van der Waals surface area contributed by atoms with Crippen molar-refractivity contribution in [1.29, 1.82) is 0 Å². The van der Waals surface area contributed by atoms with E-state index in [2.05, 4.69) is 5.32 Å². The standard InChI is InChI=1S/C21H24N2O2/c1-2-23(16-18-11-7-4-8-12-18)20(25)21(13-14-21)19(24)22-15-17-9-5-3-6-10-17/h3-12H,2,13-16H2,1H3,(H,22,24). The average molecular weight is 336 g/mol. The highest BCUT2D eigenvalue weighted by atomic mass is 16.2. The monoisotopic (exact) mass is 336 g/mol. The van der Waals surface area contributed by atoms with E-state index >= 15 is 0 Å². The second-order valence-electron chi connectivity index (χ2n) is 6.56. The predicted octanol–water partition coefficient (Wildman–Crippen LogP) is 3.13. The van der Waals surface area contributed by atoms with Crippen LogP contribution in [0.3, 0.4) is 0 Å². The summed E-state index contributed by atoms with van der Waals surface area (Å²) in [6.45, 7) is 3.56. The zero-order chi connectivity index (χ0) is 17.7. The van der Waals surface area contributed by atoms with E-state index in [-0.39, 0.29) is 11.8 Å². The summed E-state index contributed by atoms with van der Waals surface area (Å²) >= 11 is 0. The number of hydrogen-bond donors (Lipinski definition) is 1. The van der Waals surface area contributed by atoms with E-state index in [4.69, 9.17) is 0 Å². The van der Waals surface area contributed by atoms with Gasteiger partial charge in [0.2, 0.25) is 11.8 Å². The maximum absolute atomic E-state index is 13.0. The van der Waals surface area contributed by atoms with Gasteiger partial charge in [-0.05, 0) is 30.9 Å². The van der Waals surface area contributed by atoms with E-state index < -0.39 is 5.41 Å². The van der Waals surface area contributed by atoms with Crippen LogP contribution >= 0.6 is 0 Å². The minimum Gasteiger partial charge on any atom is -0.351 e. The molecule has 1 aliphatic carbocycles. The Morgan fingerprint density at radius 3 is 2.04 bits per heavy atom. The number of carbonyl (C=O) groups is 2. The molecule has 0 radical (unpaired) electrons. The van der Waals surface area contributed by atoms with E-state index in [1.807, 2.05) is 67.6 Å². The van der Waals surface area contributed by atoms with Crippen molar-refractivity contribution >= 4 is 11.8 Å². The van der Waals surface area contributed by atoms with Gasteiger partial charge in [0.25, 0.3) is 0 Å². The van der Waals surface area contributed by atoms with Crippen molar-refractivity contribution < 1.29 is 9.59 Å². The molecule has 1 N–H and O–H groups in total. The number of nitrogens with zero attached hydrogens (tertiary/aromatic N) is 1. The summed E-state index contributed by atoms with van der Waals surface area (Å²) in [5.74, 6) is -0.197. The quantitative estimate of drug-likeness (QED) is 0.790. The molecule has 0 heterocycles. The van der Waals surface area contributed by atoms with Crippen LogP contribution in [0.15, 0.2) is 60.7 Å². The highest BCUT2D eigenvalue weighted by Gasteiger charge is 2.57. The van der Waals surface area contributed by atoms with Gasteiger partial charge in [-0.15, -0.1) is 0 Å². The minimum atomic E-state index is -0.862. The van der Waals surface area contributed by atoms with Crippen LogP contribution in [0.4, 0.5) is 0 Å². The summed E-state index contributed by atoms with van der Waals surface area (Å²) in [6, 6.07) is 19.7. The Kier molecular flexibility index (Phi) is 5.17. The van der Waals surface area contributed by atoms with E-state index in [0.717, 1.165) is 11.1 Å². The van der Waals surface area contributed by atoms with Crippen LogP contribution in [0.25, 0.3) is 0 Å². The second kappa shape index (κ2) is 7.51. The highest BCUT2D eigenvalue weighted by molar-refractivity contribution is 6.07. The third kappa shape index (κ3) is 3.90. The molecule has 0 saturated heterocycles. The molecule has 3 rings (SSSR count). The SMILES string of the molecule is CCN(Cc1ccccc1)C(=O)C1(C(=O)NCc2ccccc2)CC1. The molecule has 0 unspecified atom stereocenters. The molecule has 2 amide bonds. The third-order valence-corrected chi connectivity index (χ3v) is 4.78. The van der Waals surface area contributed by atoms with E-state index in [0.29, 0.717) is 32.5 Å². The van der Waals surface area contributed by atoms with E-state index in [9.17, 15) is 9.59 Å². The number of amides is 2. The fourth-order valence-corrected chi connectivity index (χ4v) is 3.04. The van der Waals surface area contributed by atoms with Crippen LogP contribution < -0.4 is 5.32 Å². The Hall–Kier alpha value is -2.62. The highest BCUT2D eigenvalue weighted by Crippen LogP contribution is 2.47. The van der Waals surface area contributed by atoms with Crippen molar-refractivity contribution in [1.82, 2.24) is 10.2 Å². The third-order valence-electron chi connectivity index (χ3n) is 4.78. The summed E-state index contributed by atoms with van der Waals surface area (Å²) < 4.78 is 0. The Morgan fingerprint density at radius 1 is 0.960 bits per heavy atom. The smallest absolute Gasteiger partial charge is 0.238 e. The molecule has 25 heavy (non-hydrogen) atoms. The van der Waals surface area contributed by atoms with Crippen LogP contribution in [0, 0.1) is 5.41 Å². The lowest BCUT2D eigenvalue weighted by molar-refractivity contribution is -0.144. The largest absolute Gasteiger partial charge is 0.351 e. The van der Waals surface area contributed by atoms with Gasteiger partial charge in [0.15, 0.2) is 0 Å². The van der Waals surface area contributed by atoms with Gasteiger partial charge in [-0.2, -0.15) is 0 Å². The van der Waals surface area contributed by atoms with E-state index in [1.54, 1.807) is 4.90 Å². The molecule has 2 aromatic rings. The fraction of sp³-hybridized carbons (Fsp3) is 0.333. The first-order valence-corrected chi connectivity index (χ1v) is 8.81. The van der Waals surface area contributed by atoms with Crippen LogP contribution in [0.1, 0.15) is 30.9 Å². The summed E-state index contributed by atoms with van der Waals surface area (Å²) in [7, 11) is 0. The molecule has 4 heteroatoms. The second-order valence-corrected chi connectivity index (χ2v) is 6.56. The van der Waals surface area contributed by atoms with Gasteiger partial charge in [-0.25, -0.2) is 0 Å². The van der Waals surface area contributed by atoms with Crippen molar-refractivity contribution in [3.8, 4) is 0 Å². The molecule has 1 aliphatic rings. The van der Waals surface area contributed by atoms with Crippen molar-refractivity contribution in [2.24, 2.45) is 5.41 Å². The molecular weight excluding hydrogens is 312 g/mol. The van der Waals surface area contributed by atoms with Crippen molar-refractivity contribution in [3.63, 3.8) is 0 Å². The normalized spacial score (nSPS) is 14.6. The van der Waals surface area contributed by atoms with Gasteiger partial charge in [0.1, 0.15) is 5.41 Å². The van der Waals surface area contributed by atoms with E-state index in [1.165, 1.54) is 0 Å². The van der Waals surface area contributed by atoms with Gasteiger partial charge < -0.3 is 10.2 Å². The van der Waals surface area contributed by atoms with Crippen molar-refractivity contribution in [3.05, 3.63) is 71.8 Å². The first-order chi connectivity index (χ1) is 12.2. The molecule has 0 aliphatic heterocycles.